The van der Waals surface area contributed by atoms with Crippen molar-refractivity contribution in [2.75, 3.05) is 12.3 Å². The first-order valence-electron chi connectivity index (χ1n) is 6.92. The lowest BCUT2D eigenvalue weighted by molar-refractivity contribution is -0.0542. The van der Waals surface area contributed by atoms with Crippen molar-refractivity contribution in [3.63, 3.8) is 0 Å². The second-order valence-electron chi connectivity index (χ2n) is 5.38. The average Bonchev–Trinajstić information content (AvgIpc) is 2.75. The maximum Gasteiger partial charge on any atom is 0.481 e. The fourth-order valence-electron chi connectivity index (χ4n) is 2.18. The number of hydrogen-bond acceptors (Lipinski definition) is 10. The van der Waals surface area contributed by atoms with E-state index in [9.17, 15) is 29.0 Å². The Morgan fingerprint density at radius 2 is 1.92 bits per heavy atom. The number of aliphatic hydroxyl groups excluding tert-OH is 2. The molecule has 14 nitrogen and oxygen atoms in total. The highest BCUT2D eigenvalue weighted by molar-refractivity contribution is 7.60. The smallest absolute Gasteiger partial charge is 0.387 e. The lowest BCUT2D eigenvalue weighted by Gasteiger charge is -2.18. The van der Waals surface area contributed by atoms with E-state index in [-0.39, 0.29) is 5.82 Å². The third-order valence-electron chi connectivity index (χ3n) is 3.40. The molecule has 1 aromatic rings. The summed E-state index contributed by atoms with van der Waals surface area (Å²) >= 11 is 0. The molecule has 0 amide bonds. The van der Waals surface area contributed by atoms with Crippen LogP contribution in [0.1, 0.15) is 11.8 Å². The molecule has 5 atom stereocenters. The van der Waals surface area contributed by atoms with E-state index >= 15 is 0 Å². The minimum atomic E-state index is -5.31. The van der Waals surface area contributed by atoms with Crippen LogP contribution in [0.4, 0.5) is 5.82 Å². The molecule has 7 N–H and O–H groups in total. The number of aromatic nitrogens is 2. The molecule has 2 rings (SSSR count). The van der Waals surface area contributed by atoms with E-state index in [0.29, 0.717) is 5.56 Å². The standard InChI is InChI=1S/C10H17N3O11P2/c1-4-2-13(10(16)12-8(4)11)9-7(15)6(14)5(23-9)3-22-26(20,21)24-25(17,18)19/h2,5-7,9,14-15H,3H2,1H3,(H,20,21)(H2,11,12,16)(H2,17,18,19)/t5-,6-,7-,9-/m1/s1. The van der Waals surface area contributed by atoms with Crippen molar-refractivity contribution in [2.24, 2.45) is 0 Å². The van der Waals surface area contributed by atoms with Gasteiger partial charge in [-0.25, -0.2) is 13.9 Å². The third kappa shape index (κ3) is 4.96. The van der Waals surface area contributed by atoms with Crippen LogP contribution in [-0.4, -0.2) is 59.4 Å². The summed E-state index contributed by atoms with van der Waals surface area (Å²) < 4.78 is 36.0. The van der Waals surface area contributed by atoms with Gasteiger partial charge in [-0.05, 0) is 6.92 Å². The summed E-state index contributed by atoms with van der Waals surface area (Å²) in [5.74, 6) is -0.0324. The van der Waals surface area contributed by atoms with Gasteiger partial charge in [-0.3, -0.25) is 9.09 Å². The average molecular weight is 417 g/mol. The number of aryl methyl sites for hydroxylation is 1. The summed E-state index contributed by atoms with van der Waals surface area (Å²) in [4.78, 5) is 41.6. The predicted octanol–water partition coefficient (Wildman–Crippen LogP) is -2.02. The molecule has 26 heavy (non-hydrogen) atoms. The SMILES string of the molecule is Cc1cn([C@@H]2O[C@H](COP(=O)(O)OP(=O)(O)O)[C@@H](O)[C@H]2O)c(=O)nc1N. The number of nitrogens with zero attached hydrogens (tertiary/aromatic N) is 2. The molecule has 0 aliphatic carbocycles. The van der Waals surface area contributed by atoms with Crippen molar-refractivity contribution >= 4 is 21.5 Å². The van der Waals surface area contributed by atoms with E-state index in [2.05, 4.69) is 13.8 Å². The molecular formula is C10H17N3O11P2. The van der Waals surface area contributed by atoms with Crippen LogP contribution in [0.15, 0.2) is 11.0 Å². The van der Waals surface area contributed by atoms with Crippen molar-refractivity contribution in [2.45, 2.75) is 31.5 Å². The van der Waals surface area contributed by atoms with Crippen molar-refractivity contribution in [3.8, 4) is 0 Å². The quantitative estimate of drug-likeness (QED) is 0.275. The summed E-state index contributed by atoms with van der Waals surface area (Å²) in [6, 6.07) is 0. The molecule has 148 valence electrons. The van der Waals surface area contributed by atoms with Crippen molar-refractivity contribution in [1.29, 1.82) is 0 Å². The van der Waals surface area contributed by atoms with Crippen molar-refractivity contribution in [3.05, 3.63) is 22.2 Å². The van der Waals surface area contributed by atoms with Crippen molar-refractivity contribution < 1.29 is 47.6 Å². The van der Waals surface area contributed by atoms with Crippen LogP contribution in [0, 0.1) is 6.92 Å². The van der Waals surface area contributed by atoms with Gasteiger partial charge >= 0.3 is 21.3 Å². The number of nitrogen functional groups attached to an aromatic ring is 1. The Hall–Kier alpha value is -1.18. The van der Waals surface area contributed by atoms with E-state index in [4.69, 9.17) is 20.3 Å². The number of hydrogen-bond donors (Lipinski definition) is 6. The molecule has 16 heteroatoms. The molecule has 1 fully saturated rings. The van der Waals surface area contributed by atoms with E-state index in [1.807, 2.05) is 0 Å². The summed E-state index contributed by atoms with van der Waals surface area (Å²) in [6.45, 7) is 0.663. The Labute approximate surface area is 145 Å². The molecule has 0 radical (unpaired) electrons. The lowest BCUT2D eigenvalue weighted by Crippen LogP contribution is -2.36. The highest BCUT2D eigenvalue weighted by Gasteiger charge is 2.45. The summed E-state index contributed by atoms with van der Waals surface area (Å²) in [7, 11) is -10.5. The highest BCUT2D eigenvalue weighted by atomic mass is 31.3. The zero-order chi connectivity index (χ0) is 19.9. The minimum Gasteiger partial charge on any atom is -0.387 e. The van der Waals surface area contributed by atoms with Crippen LogP contribution in [0.25, 0.3) is 0 Å². The normalized spacial score (nSPS) is 28.8. The van der Waals surface area contributed by atoms with E-state index in [1.54, 1.807) is 0 Å². The number of nitrogens with two attached hydrogens (primary N) is 1. The molecule has 0 bridgehead atoms. The Morgan fingerprint density at radius 3 is 2.50 bits per heavy atom. The highest BCUT2D eigenvalue weighted by Crippen LogP contribution is 2.57. The Kier molecular flexibility index (Phi) is 6.05. The third-order valence-corrected chi connectivity index (χ3v) is 5.55. The first-order valence-corrected chi connectivity index (χ1v) is 9.94. The van der Waals surface area contributed by atoms with Gasteiger partial charge in [-0.1, -0.05) is 0 Å². The maximum absolute atomic E-state index is 11.9. The van der Waals surface area contributed by atoms with Gasteiger partial charge in [0.15, 0.2) is 6.23 Å². The van der Waals surface area contributed by atoms with Crippen LogP contribution in [-0.2, 0) is 22.7 Å². The first kappa shape index (κ1) is 21.1. The van der Waals surface area contributed by atoms with Crippen LogP contribution in [0.5, 0.6) is 0 Å². The Morgan fingerprint density at radius 1 is 1.31 bits per heavy atom. The fourth-order valence-corrected chi connectivity index (χ4v) is 3.78. The maximum atomic E-state index is 11.9. The van der Waals surface area contributed by atoms with Crippen LogP contribution < -0.4 is 11.4 Å². The van der Waals surface area contributed by atoms with Gasteiger partial charge in [0.25, 0.3) is 0 Å². The number of rotatable bonds is 6. The van der Waals surface area contributed by atoms with Gasteiger partial charge in [0.05, 0.1) is 6.61 Å². The van der Waals surface area contributed by atoms with E-state index in [1.165, 1.54) is 13.1 Å². The monoisotopic (exact) mass is 417 g/mol. The molecule has 1 saturated heterocycles. The topological polar surface area (TPSA) is 224 Å². The summed E-state index contributed by atoms with van der Waals surface area (Å²) in [6.07, 6.45) is -4.87. The zero-order valence-corrected chi connectivity index (χ0v) is 14.9. The molecule has 0 aromatic carbocycles. The number of phosphoric acid groups is 2. The number of aliphatic hydroxyl groups is 2. The van der Waals surface area contributed by atoms with Gasteiger partial charge in [-0.2, -0.15) is 9.29 Å². The minimum absolute atomic E-state index is 0.0324. The van der Waals surface area contributed by atoms with Gasteiger partial charge in [0.2, 0.25) is 0 Å². The molecule has 1 aromatic heterocycles. The predicted molar refractivity (Wildman–Crippen MR) is 82.5 cm³/mol. The molecule has 2 heterocycles. The second-order valence-corrected chi connectivity index (χ2v) is 8.21. The number of phosphoric ester groups is 1. The van der Waals surface area contributed by atoms with Crippen molar-refractivity contribution in [1.82, 2.24) is 9.55 Å². The zero-order valence-electron chi connectivity index (χ0n) is 13.1. The molecule has 1 unspecified atom stereocenters. The molecule has 1 aliphatic heterocycles. The first-order chi connectivity index (χ1) is 11.8. The van der Waals surface area contributed by atoms with E-state index < -0.39 is 52.5 Å². The van der Waals surface area contributed by atoms with Gasteiger partial charge in [0.1, 0.15) is 24.1 Å². The summed E-state index contributed by atoms with van der Waals surface area (Å²) in [5.41, 5.74) is 5.01. The fraction of sp³-hybridized carbons (Fsp3) is 0.600. The Bertz CT molecular complexity index is 823. The molecule has 0 spiro atoms. The molecule has 0 saturated carbocycles. The van der Waals surface area contributed by atoms with E-state index in [0.717, 1.165) is 4.57 Å². The largest absolute Gasteiger partial charge is 0.481 e. The van der Waals surface area contributed by atoms with Gasteiger partial charge < -0.3 is 35.4 Å². The number of anilines is 1. The number of ether oxygens (including phenoxy) is 1. The second kappa shape index (κ2) is 7.44. The molecule has 1 aliphatic rings. The Balaban J connectivity index is 2.13. The van der Waals surface area contributed by atoms with Gasteiger partial charge in [0, 0.05) is 11.8 Å². The van der Waals surface area contributed by atoms with Crippen LogP contribution in [0.2, 0.25) is 0 Å². The summed E-state index contributed by atoms with van der Waals surface area (Å²) in [5, 5.41) is 20.0. The van der Waals surface area contributed by atoms with Crippen LogP contribution >= 0.6 is 15.6 Å². The van der Waals surface area contributed by atoms with Crippen LogP contribution in [0.3, 0.4) is 0 Å². The van der Waals surface area contributed by atoms with Gasteiger partial charge in [-0.15, -0.1) is 0 Å². The lowest BCUT2D eigenvalue weighted by atomic mass is 10.1. The molecular weight excluding hydrogens is 400 g/mol.